The van der Waals surface area contributed by atoms with Crippen molar-refractivity contribution in [2.45, 2.75) is 30.4 Å². The minimum atomic E-state index is -3.46. The smallest absolute Gasteiger partial charge is 0.302 e. The van der Waals surface area contributed by atoms with Crippen LogP contribution in [0.4, 0.5) is 4.39 Å². The first kappa shape index (κ1) is 28.2. The third-order valence-corrected chi connectivity index (χ3v) is 6.77. The van der Waals surface area contributed by atoms with Gasteiger partial charge in [-0.2, -0.15) is 0 Å². The van der Waals surface area contributed by atoms with Crippen LogP contribution in [0.1, 0.15) is 31.9 Å². The number of hydrogen-bond donors (Lipinski definition) is 0. The fourth-order valence-electron chi connectivity index (χ4n) is 3.38. The Labute approximate surface area is 208 Å². The van der Waals surface area contributed by atoms with Crippen LogP contribution >= 0.6 is 11.9 Å². The van der Waals surface area contributed by atoms with Gasteiger partial charge < -0.3 is 9.64 Å². The van der Waals surface area contributed by atoms with E-state index in [9.17, 15) is 27.3 Å². The number of nitroso groups, excluding NO2 is 1. The van der Waals surface area contributed by atoms with Crippen molar-refractivity contribution in [3.8, 4) is 0 Å². The highest BCUT2D eigenvalue weighted by molar-refractivity contribution is 7.99. The Morgan fingerprint density at radius 3 is 2.09 bits per heavy atom. The molecule has 0 saturated heterocycles. The first-order valence-corrected chi connectivity index (χ1v) is 13.1. The highest BCUT2D eigenvalue weighted by Gasteiger charge is 2.29. The van der Waals surface area contributed by atoms with Crippen LogP contribution in [0.15, 0.2) is 58.0 Å². The standard InChI is InChI=1S/C24H27FN2O6S2/c1-16(28)33-14-21(17-8-12-20(13-9-17)35(5,31)32)22(18-6-10-19(25)11-7-18)23(29)27(4)15-24(2,3)34-26-30/h6-13H,14-15H2,1-5H3/b22-21+. The van der Waals surface area contributed by atoms with Gasteiger partial charge in [-0.15, -0.1) is 4.91 Å². The summed E-state index contributed by atoms with van der Waals surface area (Å²) in [6, 6.07) is 11.1. The van der Waals surface area contributed by atoms with Crippen molar-refractivity contribution in [1.29, 1.82) is 0 Å². The SMILES string of the molecule is CC(=O)OC/C(=C(\C(=O)N(C)CC(C)(C)SN=O)c1ccc(F)cc1)c1ccc(S(C)(=O)=O)cc1. The van der Waals surface area contributed by atoms with Crippen molar-refractivity contribution in [3.05, 3.63) is 70.4 Å². The summed E-state index contributed by atoms with van der Waals surface area (Å²) in [7, 11) is -1.91. The van der Waals surface area contributed by atoms with Gasteiger partial charge in [0.2, 0.25) is 0 Å². The van der Waals surface area contributed by atoms with Gasteiger partial charge in [-0.25, -0.2) is 12.8 Å². The maximum atomic E-state index is 13.7. The summed E-state index contributed by atoms with van der Waals surface area (Å²) in [5, 5.41) is 0. The Hall–Kier alpha value is -3.05. The van der Waals surface area contributed by atoms with Gasteiger partial charge in [-0.05, 0) is 49.2 Å². The molecule has 2 aromatic carbocycles. The van der Waals surface area contributed by atoms with Crippen molar-refractivity contribution < 1.29 is 27.1 Å². The van der Waals surface area contributed by atoms with Crippen molar-refractivity contribution in [1.82, 2.24) is 4.90 Å². The van der Waals surface area contributed by atoms with E-state index in [-0.39, 0.29) is 23.6 Å². The van der Waals surface area contributed by atoms with Crippen LogP contribution in [0.2, 0.25) is 0 Å². The molecule has 0 N–H and O–H groups in total. The van der Waals surface area contributed by atoms with Gasteiger partial charge in [0.15, 0.2) is 9.84 Å². The van der Waals surface area contributed by atoms with Gasteiger partial charge >= 0.3 is 5.97 Å². The molecule has 8 nitrogen and oxygen atoms in total. The number of ether oxygens (including phenoxy) is 1. The molecular weight excluding hydrogens is 495 g/mol. The number of sulfone groups is 1. The highest BCUT2D eigenvalue weighted by atomic mass is 32.2. The third kappa shape index (κ3) is 8.00. The van der Waals surface area contributed by atoms with Crippen LogP contribution in [0.5, 0.6) is 0 Å². The van der Waals surface area contributed by atoms with Crippen LogP contribution in [0.25, 0.3) is 11.1 Å². The van der Waals surface area contributed by atoms with Gasteiger partial charge in [-0.3, -0.25) is 9.59 Å². The Morgan fingerprint density at radius 2 is 1.60 bits per heavy atom. The molecule has 0 aliphatic rings. The van der Waals surface area contributed by atoms with Crippen molar-refractivity contribution in [2.24, 2.45) is 4.58 Å². The monoisotopic (exact) mass is 522 g/mol. The van der Waals surface area contributed by atoms with Crippen molar-refractivity contribution >= 4 is 44.8 Å². The zero-order chi connectivity index (χ0) is 26.4. The first-order chi connectivity index (χ1) is 16.2. The van der Waals surface area contributed by atoms with Crippen molar-refractivity contribution in [2.75, 3.05) is 26.5 Å². The van der Waals surface area contributed by atoms with Crippen LogP contribution in [0.3, 0.4) is 0 Å². The molecule has 0 unspecified atom stereocenters. The summed E-state index contributed by atoms with van der Waals surface area (Å²) in [6.07, 6.45) is 1.08. The molecule has 0 aliphatic carbocycles. The summed E-state index contributed by atoms with van der Waals surface area (Å²) in [6.45, 7) is 4.61. The molecule has 0 atom stereocenters. The molecule has 2 rings (SSSR count). The molecule has 0 bridgehead atoms. The molecule has 0 heterocycles. The fourth-order valence-corrected chi connectivity index (χ4v) is 4.47. The Balaban J connectivity index is 2.73. The fraction of sp³-hybridized carbons (Fsp3) is 0.333. The molecule has 1 amide bonds. The number of carbonyl (C=O) groups is 2. The number of nitrogens with zero attached hydrogens (tertiary/aromatic N) is 2. The number of likely N-dealkylation sites (N-methyl/N-ethyl adjacent to an activating group) is 1. The van der Waals surface area contributed by atoms with E-state index >= 15 is 0 Å². The lowest BCUT2D eigenvalue weighted by molar-refractivity contribution is -0.139. The molecule has 0 fully saturated rings. The summed E-state index contributed by atoms with van der Waals surface area (Å²) < 4.78 is 44.9. The maximum Gasteiger partial charge on any atom is 0.302 e. The van der Waals surface area contributed by atoms with E-state index in [1.54, 1.807) is 20.9 Å². The second-order valence-electron chi connectivity index (χ2n) is 8.52. The van der Waals surface area contributed by atoms with E-state index in [1.165, 1.54) is 60.4 Å². The predicted molar refractivity (Wildman–Crippen MR) is 135 cm³/mol. The van der Waals surface area contributed by atoms with Crippen molar-refractivity contribution in [3.63, 3.8) is 0 Å². The minimum Gasteiger partial charge on any atom is -0.461 e. The summed E-state index contributed by atoms with van der Waals surface area (Å²) in [4.78, 5) is 37.6. The van der Waals surface area contributed by atoms with Gasteiger partial charge in [0.25, 0.3) is 5.91 Å². The Morgan fingerprint density at radius 1 is 1.06 bits per heavy atom. The van der Waals surface area contributed by atoms with Crippen LogP contribution in [-0.2, 0) is 24.2 Å². The highest BCUT2D eigenvalue weighted by Crippen LogP contribution is 2.32. The Bertz CT molecular complexity index is 1220. The van der Waals surface area contributed by atoms with E-state index < -0.39 is 32.3 Å². The van der Waals surface area contributed by atoms with Gasteiger partial charge in [0.1, 0.15) is 12.4 Å². The quantitative estimate of drug-likeness (QED) is 0.150. The van der Waals surface area contributed by atoms with E-state index in [1.807, 2.05) is 0 Å². The van der Waals surface area contributed by atoms with Crippen LogP contribution in [-0.4, -0.2) is 56.4 Å². The zero-order valence-corrected chi connectivity index (χ0v) is 21.7. The second-order valence-corrected chi connectivity index (χ2v) is 12.0. The molecular formula is C24H27FN2O6S2. The molecule has 188 valence electrons. The van der Waals surface area contributed by atoms with E-state index in [2.05, 4.69) is 4.58 Å². The molecule has 0 spiro atoms. The summed E-state index contributed by atoms with van der Waals surface area (Å²) in [5.74, 6) is -1.54. The Kier molecular flexibility index (Phi) is 9.33. The third-order valence-electron chi connectivity index (χ3n) is 4.95. The van der Waals surface area contributed by atoms with E-state index in [0.717, 1.165) is 18.2 Å². The average molecular weight is 523 g/mol. The van der Waals surface area contributed by atoms with Gasteiger partial charge in [0.05, 0.1) is 15.2 Å². The topological polar surface area (TPSA) is 110 Å². The molecule has 0 saturated carbocycles. The zero-order valence-electron chi connectivity index (χ0n) is 20.1. The second kappa shape index (κ2) is 11.6. The average Bonchev–Trinajstić information content (AvgIpc) is 2.76. The van der Waals surface area contributed by atoms with E-state index in [0.29, 0.717) is 16.7 Å². The number of hydrogen-bond acceptors (Lipinski definition) is 8. The maximum absolute atomic E-state index is 13.7. The number of rotatable bonds is 10. The van der Waals surface area contributed by atoms with Crippen LogP contribution < -0.4 is 0 Å². The number of amides is 1. The number of benzene rings is 2. The van der Waals surface area contributed by atoms with Crippen LogP contribution in [0, 0.1) is 10.7 Å². The predicted octanol–water partition coefficient (Wildman–Crippen LogP) is 4.35. The molecule has 0 aliphatic heterocycles. The lowest BCUT2D eigenvalue weighted by Gasteiger charge is -2.28. The molecule has 0 radical (unpaired) electrons. The molecule has 0 aromatic heterocycles. The number of halogens is 1. The lowest BCUT2D eigenvalue weighted by Crippen LogP contribution is -2.38. The first-order valence-electron chi connectivity index (χ1n) is 10.4. The van der Waals surface area contributed by atoms with E-state index in [4.69, 9.17) is 4.74 Å². The van der Waals surface area contributed by atoms with Gasteiger partial charge in [0, 0.05) is 48.9 Å². The molecule has 2 aromatic rings. The lowest BCUT2D eigenvalue weighted by atomic mass is 9.93. The van der Waals surface area contributed by atoms with Gasteiger partial charge in [-0.1, -0.05) is 24.3 Å². The minimum absolute atomic E-state index is 0.0833. The molecule has 11 heteroatoms. The summed E-state index contributed by atoms with van der Waals surface area (Å²) >= 11 is 0.795. The number of carbonyl (C=O) groups excluding carboxylic acids is 2. The summed E-state index contributed by atoms with van der Waals surface area (Å²) in [5.41, 5.74) is 1.27. The largest absolute Gasteiger partial charge is 0.461 e. The number of esters is 1. The molecule has 35 heavy (non-hydrogen) atoms. The normalized spacial score (nSPS) is 12.5.